The van der Waals surface area contributed by atoms with Crippen LogP contribution in [0.3, 0.4) is 0 Å². The van der Waals surface area contributed by atoms with Crippen molar-refractivity contribution in [2.75, 3.05) is 38.5 Å². The molecule has 1 aliphatic carbocycles. The van der Waals surface area contributed by atoms with E-state index < -0.39 is 184 Å². The number of ether oxygens (including phenoxy) is 7. The summed E-state index contributed by atoms with van der Waals surface area (Å²) in [6, 6.07) is -5.56. The van der Waals surface area contributed by atoms with Gasteiger partial charge in [0.05, 0.1) is 50.1 Å². The second-order valence-corrected chi connectivity index (χ2v) is 23.8. The molecule has 0 unspecified atom stereocenters. The summed E-state index contributed by atoms with van der Waals surface area (Å²) in [6.07, 6.45) is -18.8. The van der Waals surface area contributed by atoms with Gasteiger partial charge in [0, 0.05) is 37.1 Å². The van der Waals surface area contributed by atoms with Crippen LogP contribution in [0.4, 0.5) is 4.79 Å². The van der Waals surface area contributed by atoms with E-state index in [0.29, 0.717) is 30.5 Å². The van der Waals surface area contributed by atoms with E-state index in [1.165, 1.54) is 0 Å². The number of hydrogen-bond donors (Lipinski definition) is 22. The van der Waals surface area contributed by atoms with Crippen LogP contribution in [0.1, 0.15) is 57.1 Å². The molecule has 6 aliphatic rings. The summed E-state index contributed by atoms with van der Waals surface area (Å²) >= 11 is 1.85. The van der Waals surface area contributed by atoms with Crippen LogP contribution in [0.15, 0.2) is 36.2 Å². The Hall–Kier alpha value is -7.20. The van der Waals surface area contributed by atoms with Gasteiger partial charge in [0.15, 0.2) is 54.6 Å². The first-order valence-corrected chi connectivity index (χ1v) is 30.5. The number of aliphatic imine (C=N–C) groups is 6. The van der Waals surface area contributed by atoms with E-state index in [1.807, 2.05) is 11.8 Å². The molecule has 91 heavy (non-hydrogen) atoms. The molecule has 6 heterocycles. The number of thioether (sulfide) groups is 1. The van der Waals surface area contributed by atoms with Crippen LogP contribution in [0.5, 0.6) is 0 Å². The third-order valence-electron chi connectivity index (χ3n) is 15.6. The number of rotatable bonds is 31. The number of fused-ring (bicyclic) bond motifs is 1. The van der Waals surface area contributed by atoms with Gasteiger partial charge >= 0.3 is 6.03 Å². The average Bonchev–Trinajstić information content (AvgIpc) is 1.64. The lowest BCUT2D eigenvalue weighted by Crippen LogP contribution is -2.64. The topological polar surface area (TPSA) is 702 Å². The number of urea groups is 1. The highest BCUT2D eigenvalue weighted by atomic mass is 32.2. The normalized spacial score (nSPS) is 34.3. The summed E-state index contributed by atoms with van der Waals surface area (Å²) < 4.78 is 44.9. The number of nitrogens with one attached hydrogen (secondary N) is 4. The molecule has 4 amide bonds. The van der Waals surface area contributed by atoms with Gasteiger partial charge in [0.1, 0.15) is 97.6 Å². The standard InChI is InChI=1S/C49H89N25O16S/c50-43(51)64-11-22-32(78)34(80)29(69-47(58)59)40(85-22)88-37-20(67-46(56)57)10-19(66-45(54)55)31(77)39(37)90-42-36(82)38(89-41-30(70-48(60)61)35(81)33(79)23(86-41)12-65-44(52)53)24(87-42)13-63-27(76)16-84-15-18-14-74(73-72-18)9-5-1-4-8-62-26(75)7-3-2-6-25-28-21(17-91-25)68-49(83)71-28/h14,19-25,28-42,77-82H,1-13,15-17H2,(H,62,75)(H,63,76)(H4,50,51,64)(H4,52,53,65)(H4,54,55,66)(H4,56,57,67)(H4,58,59,69)(H4,60,61,70)(H2,68,71,83)/t19-,20+,21+,22-,23+,24-,25+,28+,29-,30-,31+,32-,33-,34-,35-,36-,37-,38-,39-,40-,41-,42+/m1/s1. The summed E-state index contributed by atoms with van der Waals surface area (Å²) in [5.41, 5.74) is 69.0. The maximum Gasteiger partial charge on any atom is 0.315 e. The van der Waals surface area contributed by atoms with Crippen LogP contribution in [-0.2, 0) is 55.9 Å². The number of carbonyl (C=O) groups is 3. The second kappa shape index (κ2) is 33.4. The van der Waals surface area contributed by atoms with Crippen molar-refractivity contribution in [3.05, 3.63) is 11.9 Å². The maximum absolute atomic E-state index is 13.5. The molecule has 5 saturated heterocycles. The Morgan fingerprint density at radius 3 is 1.81 bits per heavy atom. The highest BCUT2D eigenvalue weighted by Crippen LogP contribution is 2.38. The van der Waals surface area contributed by atoms with Gasteiger partial charge in [-0.1, -0.05) is 11.6 Å². The third kappa shape index (κ3) is 20.1. The van der Waals surface area contributed by atoms with Crippen molar-refractivity contribution in [2.45, 2.75) is 198 Å². The monoisotopic (exact) mass is 1320 g/mol. The number of aryl methyl sites for hydroxylation is 1. The molecule has 1 saturated carbocycles. The average molecular weight is 1320 g/mol. The lowest BCUT2D eigenvalue weighted by molar-refractivity contribution is -0.306. The van der Waals surface area contributed by atoms with E-state index in [9.17, 15) is 45.0 Å². The lowest BCUT2D eigenvalue weighted by Gasteiger charge is -2.47. The van der Waals surface area contributed by atoms with Crippen molar-refractivity contribution < 1.29 is 78.2 Å². The Morgan fingerprint density at radius 1 is 0.626 bits per heavy atom. The first-order valence-electron chi connectivity index (χ1n) is 29.4. The van der Waals surface area contributed by atoms with Gasteiger partial charge in [0.2, 0.25) is 11.8 Å². The number of nitrogens with two attached hydrogens (primary N) is 12. The van der Waals surface area contributed by atoms with Crippen LogP contribution in [-0.4, -0.2) is 271 Å². The van der Waals surface area contributed by atoms with Gasteiger partial charge < -0.3 is 154 Å². The molecule has 0 aromatic carbocycles. The van der Waals surface area contributed by atoms with Gasteiger partial charge in [-0.3, -0.25) is 24.3 Å². The SMILES string of the molecule is NC(N)=NC[C@@H]1O[C@H](O[C@H]2[C@@H](O)[C@H](O[C@@H]3[C@@H](O)[C@H](N=C(N)N)C[C@H](N=C(N)N)[C@H]3O[C@H]3O[C@H](CN=C(N)N)[C@@H](O)[C@H](O)[C@H]3N=C(N)N)O[C@@H]2CNC(=O)COCc2cn(CCCCCNC(=O)CCCC[C@@H]3SC[C@@H]4NC(=O)N[C@@H]43)nn2)[C@H](N=C(N)N)[C@@H](O)[C@@H]1O. The van der Waals surface area contributed by atoms with Crippen LogP contribution < -0.4 is 90.1 Å². The van der Waals surface area contributed by atoms with Crippen molar-refractivity contribution in [1.82, 2.24) is 36.3 Å². The number of guanidine groups is 6. The van der Waals surface area contributed by atoms with E-state index in [1.54, 1.807) is 10.9 Å². The summed E-state index contributed by atoms with van der Waals surface area (Å²) in [5, 5.41) is 89.6. The second-order valence-electron chi connectivity index (χ2n) is 22.5. The summed E-state index contributed by atoms with van der Waals surface area (Å²) in [5.74, 6) is -2.73. The zero-order valence-corrected chi connectivity index (χ0v) is 50.5. The number of aliphatic hydroxyl groups excluding tert-OH is 6. The van der Waals surface area contributed by atoms with E-state index in [4.69, 9.17) is 102 Å². The number of aromatic nitrogens is 3. The summed E-state index contributed by atoms with van der Waals surface area (Å²) in [4.78, 5) is 61.9. The van der Waals surface area contributed by atoms with Gasteiger partial charge in [-0.15, -0.1) is 5.10 Å². The van der Waals surface area contributed by atoms with Gasteiger partial charge in [-0.05, 0) is 38.5 Å². The molecule has 0 bridgehead atoms. The molecular weight excluding hydrogens is 1230 g/mol. The molecule has 0 radical (unpaired) electrons. The van der Waals surface area contributed by atoms with E-state index in [2.05, 4.69) is 61.5 Å². The highest BCUT2D eigenvalue weighted by molar-refractivity contribution is 8.00. The van der Waals surface area contributed by atoms with Crippen LogP contribution in [0, 0.1) is 0 Å². The number of aliphatic hydroxyl groups is 6. The number of carbonyl (C=O) groups excluding carboxylic acids is 3. The summed E-state index contributed by atoms with van der Waals surface area (Å²) in [7, 11) is 0. The van der Waals surface area contributed by atoms with Gasteiger partial charge in [-0.2, -0.15) is 11.8 Å². The Bertz CT molecular complexity index is 2730. The quantitative estimate of drug-likeness (QED) is 0.0142. The fraction of sp³-hybridized carbons (Fsp3) is 0.776. The van der Waals surface area contributed by atoms with Gasteiger partial charge in [0.25, 0.3) is 0 Å². The molecule has 1 aromatic heterocycles. The van der Waals surface area contributed by atoms with Crippen molar-refractivity contribution >= 4 is 65.4 Å². The zero-order valence-electron chi connectivity index (χ0n) is 49.7. The van der Waals surface area contributed by atoms with Crippen LogP contribution >= 0.6 is 11.8 Å². The van der Waals surface area contributed by atoms with E-state index in [-0.39, 0.29) is 37.0 Å². The molecule has 7 rings (SSSR count). The molecule has 42 heteroatoms. The molecule has 5 aliphatic heterocycles. The first kappa shape index (κ1) is 71.2. The Balaban J connectivity index is 1.01. The Morgan fingerprint density at radius 2 is 1.21 bits per heavy atom. The molecular formula is C49H89N25O16S. The third-order valence-corrected chi connectivity index (χ3v) is 17.1. The van der Waals surface area contributed by atoms with Crippen molar-refractivity contribution in [3.63, 3.8) is 0 Å². The highest BCUT2D eigenvalue weighted by Gasteiger charge is 2.56. The number of unbranched alkanes of at least 4 members (excludes halogenated alkanes) is 3. The van der Waals surface area contributed by atoms with Gasteiger partial charge in [-0.25, -0.2) is 24.8 Å². The lowest BCUT2D eigenvalue weighted by atomic mass is 9.83. The predicted molar refractivity (Wildman–Crippen MR) is 325 cm³/mol. The maximum atomic E-state index is 13.5. The van der Waals surface area contributed by atoms with Crippen molar-refractivity contribution in [2.24, 2.45) is 98.8 Å². The smallest absolute Gasteiger partial charge is 0.315 e. The Labute approximate surface area is 525 Å². The molecule has 41 nitrogen and oxygen atoms in total. The number of nitrogens with zero attached hydrogens (tertiary/aromatic N) is 9. The predicted octanol–water partition coefficient (Wildman–Crippen LogP) is -12.1. The minimum absolute atomic E-state index is 0.00249. The molecule has 512 valence electrons. The minimum atomic E-state index is -1.97. The molecule has 34 N–H and O–H groups in total. The zero-order chi connectivity index (χ0) is 66.2. The van der Waals surface area contributed by atoms with Crippen molar-refractivity contribution in [3.8, 4) is 0 Å². The molecule has 6 fully saturated rings. The molecule has 1 aromatic rings. The Kier molecular flexibility index (Phi) is 26.1. The van der Waals surface area contributed by atoms with E-state index >= 15 is 0 Å². The van der Waals surface area contributed by atoms with Crippen molar-refractivity contribution in [1.29, 1.82) is 0 Å². The van der Waals surface area contributed by atoms with E-state index in [0.717, 1.165) is 44.3 Å². The molecule has 22 atom stereocenters. The summed E-state index contributed by atoms with van der Waals surface area (Å²) in [6.45, 7) is -0.900. The number of hydrogen-bond acceptors (Lipinski definition) is 25. The van der Waals surface area contributed by atoms with Crippen LogP contribution in [0.2, 0.25) is 0 Å². The minimum Gasteiger partial charge on any atom is -0.388 e. The fourth-order valence-electron chi connectivity index (χ4n) is 11.3. The fourth-order valence-corrected chi connectivity index (χ4v) is 12.8. The largest absolute Gasteiger partial charge is 0.388 e. The first-order chi connectivity index (χ1) is 43.3. The number of amides is 4. The van der Waals surface area contributed by atoms with Crippen LogP contribution in [0.25, 0.3) is 0 Å². The molecule has 0 spiro atoms.